The maximum atomic E-state index is 13.6. The summed E-state index contributed by atoms with van der Waals surface area (Å²) >= 11 is 1.54. The number of aliphatic hydroxyl groups is 2. The molecule has 3 aromatic rings. The molecule has 1 fully saturated rings. The van der Waals surface area contributed by atoms with Crippen molar-refractivity contribution in [3.05, 3.63) is 76.5 Å². The van der Waals surface area contributed by atoms with Gasteiger partial charge in [-0.15, -0.1) is 11.3 Å². The summed E-state index contributed by atoms with van der Waals surface area (Å²) in [4.78, 5) is 21.5. The molecule has 1 amide bonds. The van der Waals surface area contributed by atoms with E-state index in [0.717, 1.165) is 28.2 Å². The van der Waals surface area contributed by atoms with Gasteiger partial charge in [-0.2, -0.15) is 0 Å². The first-order chi connectivity index (χ1) is 18.1. The minimum absolute atomic E-state index is 0.00685. The average molecular weight is 538 g/mol. The third kappa shape index (κ3) is 4.85. The molecule has 5 atom stereocenters. The van der Waals surface area contributed by atoms with E-state index in [2.05, 4.69) is 12.2 Å². The van der Waals surface area contributed by atoms with Gasteiger partial charge in [-0.3, -0.25) is 4.79 Å². The molecule has 5 rings (SSSR count). The van der Waals surface area contributed by atoms with Crippen LogP contribution < -0.4 is 5.32 Å². The molecule has 6 nitrogen and oxygen atoms in total. The number of nitrogens with zero attached hydrogens (tertiary/aromatic N) is 2. The molecule has 3 N–H and O–H groups in total. The first kappa shape index (κ1) is 26.8. The molecule has 8 heteroatoms. The number of fused-ring (bicyclic) bond motifs is 2. The number of halogens is 1. The van der Waals surface area contributed by atoms with Gasteiger partial charge in [0.2, 0.25) is 5.91 Å². The summed E-state index contributed by atoms with van der Waals surface area (Å²) in [5.74, 6) is -0.413. The average Bonchev–Trinajstić information content (AvgIpc) is 3.31. The summed E-state index contributed by atoms with van der Waals surface area (Å²) in [6.45, 7) is 4.60. The fourth-order valence-corrected chi connectivity index (χ4v) is 7.72. The Morgan fingerprint density at radius 2 is 1.89 bits per heavy atom. The van der Waals surface area contributed by atoms with Crippen molar-refractivity contribution in [3.8, 4) is 0 Å². The smallest absolute Gasteiger partial charge is 0.223 e. The van der Waals surface area contributed by atoms with Crippen molar-refractivity contribution in [2.24, 2.45) is 16.7 Å². The van der Waals surface area contributed by atoms with E-state index >= 15 is 0 Å². The van der Waals surface area contributed by atoms with Gasteiger partial charge in [0, 0.05) is 41.9 Å². The van der Waals surface area contributed by atoms with Crippen LogP contribution in [0.5, 0.6) is 0 Å². The number of anilines is 2. The van der Waals surface area contributed by atoms with E-state index in [1.807, 2.05) is 44.3 Å². The number of thiazole rings is 1. The van der Waals surface area contributed by atoms with Crippen LogP contribution in [0.3, 0.4) is 0 Å². The molecular formula is C30H36FN3O3S. The lowest BCUT2D eigenvalue weighted by molar-refractivity contribution is -0.147. The zero-order chi connectivity index (χ0) is 27.1. The molecule has 1 saturated carbocycles. The topological polar surface area (TPSA) is 85.7 Å². The van der Waals surface area contributed by atoms with Gasteiger partial charge in [-0.05, 0) is 60.4 Å². The van der Waals surface area contributed by atoms with Gasteiger partial charge in [0.25, 0.3) is 0 Å². The van der Waals surface area contributed by atoms with E-state index in [9.17, 15) is 19.4 Å². The normalized spacial score (nSPS) is 28.3. The number of aromatic nitrogens is 1. The Balaban J connectivity index is 1.48. The highest BCUT2D eigenvalue weighted by Crippen LogP contribution is 2.63. The van der Waals surface area contributed by atoms with Crippen LogP contribution in [-0.4, -0.2) is 45.8 Å². The van der Waals surface area contributed by atoms with Gasteiger partial charge in [0.15, 0.2) is 5.13 Å². The number of hydrogen-bond donors (Lipinski definition) is 3. The van der Waals surface area contributed by atoms with Crippen molar-refractivity contribution in [2.45, 2.75) is 58.1 Å². The molecular weight excluding hydrogens is 501 g/mol. The number of amides is 1. The lowest BCUT2D eigenvalue weighted by Crippen LogP contribution is -2.57. The second kappa shape index (κ2) is 10.4. The first-order valence-electron chi connectivity index (χ1n) is 13.2. The molecule has 0 spiro atoms. The molecule has 0 saturated heterocycles. The minimum Gasteiger partial charge on any atom is -0.396 e. The first-order valence-corrected chi connectivity index (χ1v) is 14.0. The van der Waals surface area contributed by atoms with Crippen molar-refractivity contribution in [2.75, 3.05) is 19.0 Å². The summed E-state index contributed by atoms with van der Waals surface area (Å²) in [7, 11) is 1.84. The van der Waals surface area contributed by atoms with E-state index < -0.39 is 11.5 Å². The number of nitrogens with one attached hydrogen (secondary N) is 1. The van der Waals surface area contributed by atoms with Gasteiger partial charge in [-0.1, -0.05) is 44.2 Å². The molecule has 2 aromatic carbocycles. The SMILES string of the molecule is CN(Cc1ccccc1)C(=O)CC1c2nc(Nc3ccc(F)cc3)sc2CC2C(C)(CO)C(O)CCC12C. The Morgan fingerprint density at radius 1 is 1.18 bits per heavy atom. The fraction of sp³-hybridized carbons (Fsp3) is 0.467. The predicted molar refractivity (Wildman–Crippen MR) is 148 cm³/mol. The maximum Gasteiger partial charge on any atom is 0.223 e. The lowest BCUT2D eigenvalue weighted by atomic mass is 9.47. The molecule has 0 aliphatic heterocycles. The Labute approximate surface area is 227 Å². The molecule has 1 aromatic heterocycles. The monoisotopic (exact) mass is 537 g/mol. The highest BCUT2D eigenvalue weighted by atomic mass is 32.1. The second-order valence-electron chi connectivity index (χ2n) is 11.4. The van der Waals surface area contributed by atoms with E-state index in [-0.39, 0.29) is 35.6 Å². The van der Waals surface area contributed by atoms with Crippen LogP contribution in [-0.2, 0) is 17.8 Å². The Morgan fingerprint density at radius 3 is 2.58 bits per heavy atom. The summed E-state index contributed by atoms with van der Waals surface area (Å²) in [5, 5.41) is 25.5. The Bertz CT molecular complexity index is 1280. The molecule has 0 radical (unpaired) electrons. The number of aliphatic hydroxyl groups excluding tert-OH is 2. The fourth-order valence-electron chi connectivity index (χ4n) is 6.63. The third-order valence-corrected chi connectivity index (χ3v) is 10.1. The molecule has 202 valence electrons. The van der Waals surface area contributed by atoms with Crippen LogP contribution in [0.4, 0.5) is 15.2 Å². The van der Waals surface area contributed by atoms with Crippen LogP contribution in [0.1, 0.15) is 55.2 Å². The quantitative estimate of drug-likeness (QED) is 0.371. The van der Waals surface area contributed by atoms with Crippen LogP contribution in [0.2, 0.25) is 0 Å². The number of hydrogen-bond acceptors (Lipinski definition) is 6. The Kier molecular flexibility index (Phi) is 7.33. The second-order valence-corrected chi connectivity index (χ2v) is 12.5. The van der Waals surface area contributed by atoms with Crippen LogP contribution >= 0.6 is 11.3 Å². The summed E-state index contributed by atoms with van der Waals surface area (Å²) in [6.07, 6.45) is 1.73. The third-order valence-electron chi connectivity index (χ3n) is 9.06. The maximum absolute atomic E-state index is 13.6. The summed E-state index contributed by atoms with van der Waals surface area (Å²) in [5.41, 5.74) is 1.76. The van der Waals surface area contributed by atoms with Crippen molar-refractivity contribution in [3.63, 3.8) is 0 Å². The Hall–Kier alpha value is -2.81. The number of carbonyl (C=O) groups excluding carboxylic acids is 1. The van der Waals surface area contributed by atoms with Gasteiger partial charge in [-0.25, -0.2) is 9.37 Å². The molecule has 38 heavy (non-hydrogen) atoms. The lowest BCUT2D eigenvalue weighted by Gasteiger charge is -2.58. The highest BCUT2D eigenvalue weighted by Gasteiger charge is 2.59. The van der Waals surface area contributed by atoms with Gasteiger partial charge in [0.1, 0.15) is 5.82 Å². The van der Waals surface area contributed by atoms with E-state index in [1.165, 1.54) is 23.5 Å². The zero-order valence-electron chi connectivity index (χ0n) is 22.2. The predicted octanol–water partition coefficient (Wildman–Crippen LogP) is 5.49. The largest absolute Gasteiger partial charge is 0.396 e. The van der Waals surface area contributed by atoms with Gasteiger partial charge < -0.3 is 20.4 Å². The van der Waals surface area contributed by atoms with Crippen molar-refractivity contribution in [1.82, 2.24) is 9.88 Å². The van der Waals surface area contributed by atoms with Crippen molar-refractivity contribution >= 4 is 28.1 Å². The van der Waals surface area contributed by atoms with Crippen LogP contribution in [0.15, 0.2) is 54.6 Å². The number of benzene rings is 2. The number of carbonyl (C=O) groups is 1. The summed E-state index contributed by atoms with van der Waals surface area (Å²) < 4.78 is 13.4. The molecule has 0 bridgehead atoms. The van der Waals surface area contributed by atoms with Crippen molar-refractivity contribution < 1.29 is 19.4 Å². The molecule has 5 unspecified atom stereocenters. The molecule has 1 heterocycles. The zero-order valence-corrected chi connectivity index (χ0v) is 23.0. The van der Waals surface area contributed by atoms with Gasteiger partial charge >= 0.3 is 0 Å². The van der Waals surface area contributed by atoms with Crippen LogP contribution in [0.25, 0.3) is 0 Å². The molecule has 2 aliphatic carbocycles. The molecule has 2 aliphatic rings. The van der Waals surface area contributed by atoms with E-state index in [1.54, 1.807) is 17.0 Å². The summed E-state index contributed by atoms with van der Waals surface area (Å²) in [6, 6.07) is 16.1. The number of rotatable bonds is 7. The van der Waals surface area contributed by atoms with E-state index in [0.29, 0.717) is 30.9 Å². The van der Waals surface area contributed by atoms with Crippen LogP contribution in [0, 0.1) is 22.6 Å². The standard InChI is InChI=1S/C30H36FN3O3S/c1-29-14-13-25(36)30(2,18-35)24(29)16-23-27(33-28(38-23)32-21-11-9-20(31)10-12-21)22(29)15-26(37)34(3)17-19-7-5-4-6-8-19/h4-12,22,24-25,35-36H,13-18H2,1-3H3,(H,32,33). The highest BCUT2D eigenvalue weighted by molar-refractivity contribution is 7.15. The van der Waals surface area contributed by atoms with Gasteiger partial charge in [0.05, 0.1) is 18.4 Å². The minimum atomic E-state index is -0.670. The van der Waals surface area contributed by atoms with Crippen molar-refractivity contribution in [1.29, 1.82) is 0 Å². The van der Waals surface area contributed by atoms with E-state index in [4.69, 9.17) is 4.98 Å².